The number of Topliss-reactive ketones (excluding diaryl/α,β-unsaturated/α-hetero) is 1. The van der Waals surface area contributed by atoms with E-state index in [2.05, 4.69) is 4.90 Å². The highest BCUT2D eigenvalue weighted by Gasteiger charge is 2.35. The third kappa shape index (κ3) is 3.34. The Balaban J connectivity index is 1.56. The van der Waals surface area contributed by atoms with E-state index in [-0.39, 0.29) is 11.3 Å². The van der Waals surface area contributed by atoms with Gasteiger partial charge in [0.2, 0.25) is 0 Å². The summed E-state index contributed by atoms with van der Waals surface area (Å²) in [6.07, 6.45) is 9.26. The predicted octanol–water partition coefficient (Wildman–Crippen LogP) is 4.05. The maximum atomic E-state index is 13.6. The third-order valence-electron chi connectivity index (χ3n) is 5.37. The number of carbonyl (C=O) groups is 1. The predicted molar refractivity (Wildman–Crippen MR) is 81.9 cm³/mol. The molecular weight excluding hydrogens is 265 g/mol. The van der Waals surface area contributed by atoms with E-state index in [0.717, 1.165) is 13.1 Å². The van der Waals surface area contributed by atoms with Crippen molar-refractivity contribution in [1.29, 1.82) is 0 Å². The molecule has 2 aliphatic rings. The molecule has 1 aromatic rings. The first kappa shape index (κ1) is 14.7. The van der Waals surface area contributed by atoms with Crippen LogP contribution in [0, 0.1) is 11.2 Å². The Bertz CT molecular complexity index is 498. The molecule has 1 spiro atoms. The molecule has 0 N–H and O–H groups in total. The van der Waals surface area contributed by atoms with E-state index >= 15 is 0 Å². The zero-order valence-corrected chi connectivity index (χ0v) is 12.6. The average Bonchev–Trinajstić information content (AvgIpc) is 2.51. The van der Waals surface area contributed by atoms with Gasteiger partial charge in [-0.2, -0.15) is 0 Å². The molecule has 3 heteroatoms. The van der Waals surface area contributed by atoms with Gasteiger partial charge in [-0.05, 0) is 56.3 Å². The van der Waals surface area contributed by atoms with Crippen LogP contribution >= 0.6 is 0 Å². The molecule has 1 saturated heterocycles. The van der Waals surface area contributed by atoms with Crippen LogP contribution in [0.15, 0.2) is 24.3 Å². The van der Waals surface area contributed by atoms with Gasteiger partial charge in [-0.25, -0.2) is 4.39 Å². The smallest absolute Gasteiger partial charge is 0.179 e. The lowest BCUT2D eigenvalue weighted by Gasteiger charge is -2.44. The lowest BCUT2D eigenvalue weighted by atomic mass is 9.68. The summed E-state index contributed by atoms with van der Waals surface area (Å²) in [6.45, 7) is 2.33. The Morgan fingerprint density at radius 1 is 1.05 bits per heavy atom. The molecule has 0 radical (unpaired) electrons. The van der Waals surface area contributed by atoms with Crippen molar-refractivity contribution in [2.75, 3.05) is 19.6 Å². The Labute approximate surface area is 126 Å². The number of ketones is 1. The number of nitrogens with zero attached hydrogens (tertiary/aromatic N) is 1. The molecule has 2 fully saturated rings. The summed E-state index contributed by atoms with van der Waals surface area (Å²) in [5, 5.41) is 0. The number of rotatable bonds is 3. The lowest BCUT2D eigenvalue weighted by Crippen LogP contribution is -2.43. The van der Waals surface area contributed by atoms with Crippen LogP contribution in [-0.4, -0.2) is 30.3 Å². The van der Waals surface area contributed by atoms with Crippen LogP contribution < -0.4 is 0 Å². The van der Waals surface area contributed by atoms with Gasteiger partial charge in [-0.1, -0.05) is 31.4 Å². The van der Waals surface area contributed by atoms with Gasteiger partial charge in [0.25, 0.3) is 0 Å². The molecule has 1 aromatic carbocycles. The van der Waals surface area contributed by atoms with E-state index in [1.165, 1.54) is 51.0 Å². The van der Waals surface area contributed by atoms with Crippen LogP contribution in [0.4, 0.5) is 4.39 Å². The fourth-order valence-electron chi connectivity index (χ4n) is 3.96. The first-order valence-corrected chi connectivity index (χ1v) is 8.19. The molecule has 1 aliphatic carbocycles. The van der Waals surface area contributed by atoms with Crippen LogP contribution in [0.3, 0.4) is 0 Å². The van der Waals surface area contributed by atoms with Crippen molar-refractivity contribution in [3.63, 3.8) is 0 Å². The largest absolute Gasteiger partial charge is 0.296 e. The summed E-state index contributed by atoms with van der Waals surface area (Å²) in [5.74, 6) is -0.490. The van der Waals surface area contributed by atoms with Gasteiger partial charge in [0.1, 0.15) is 5.82 Å². The summed E-state index contributed by atoms with van der Waals surface area (Å²) >= 11 is 0. The lowest BCUT2D eigenvalue weighted by molar-refractivity contribution is 0.0609. The molecule has 0 atom stereocenters. The van der Waals surface area contributed by atoms with Crippen molar-refractivity contribution in [2.24, 2.45) is 5.41 Å². The SMILES string of the molecule is O=C(CN1CCC2(CCCCC2)CC1)c1ccccc1F. The molecule has 0 bridgehead atoms. The summed E-state index contributed by atoms with van der Waals surface area (Å²) in [7, 11) is 0. The Morgan fingerprint density at radius 3 is 2.38 bits per heavy atom. The van der Waals surface area contributed by atoms with Crippen molar-refractivity contribution in [1.82, 2.24) is 4.90 Å². The molecule has 1 heterocycles. The van der Waals surface area contributed by atoms with Crippen LogP contribution in [0.2, 0.25) is 0 Å². The number of piperidine rings is 1. The monoisotopic (exact) mass is 289 g/mol. The molecule has 0 aromatic heterocycles. The number of likely N-dealkylation sites (tertiary alicyclic amines) is 1. The van der Waals surface area contributed by atoms with E-state index in [4.69, 9.17) is 0 Å². The quantitative estimate of drug-likeness (QED) is 0.782. The molecular formula is C18H24FNO. The first-order chi connectivity index (χ1) is 10.2. The normalized spacial score (nSPS) is 22.3. The highest BCUT2D eigenvalue weighted by atomic mass is 19.1. The van der Waals surface area contributed by atoms with Gasteiger partial charge in [0, 0.05) is 0 Å². The van der Waals surface area contributed by atoms with E-state index in [0.29, 0.717) is 12.0 Å². The van der Waals surface area contributed by atoms with E-state index in [1.807, 2.05) is 0 Å². The topological polar surface area (TPSA) is 20.3 Å². The van der Waals surface area contributed by atoms with Gasteiger partial charge >= 0.3 is 0 Å². The van der Waals surface area contributed by atoms with Gasteiger partial charge in [0.05, 0.1) is 12.1 Å². The van der Waals surface area contributed by atoms with Crippen LogP contribution in [0.25, 0.3) is 0 Å². The number of benzene rings is 1. The van der Waals surface area contributed by atoms with Gasteiger partial charge in [-0.3, -0.25) is 9.69 Å². The molecule has 114 valence electrons. The van der Waals surface area contributed by atoms with E-state index in [1.54, 1.807) is 18.2 Å². The van der Waals surface area contributed by atoms with Crippen molar-refractivity contribution in [2.45, 2.75) is 44.9 Å². The van der Waals surface area contributed by atoms with Gasteiger partial charge in [-0.15, -0.1) is 0 Å². The second-order valence-corrected chi connectivity index (χ2v) is 6.74. The zero-order chi connectivity index (χ0) is 14.7. The number of hydrogen-bond donors (Lipinski definition) is 0. The summed E-state index contributed by atoms with van der Waals surface area (Å²) in [5.41, 5.74) is 0.783. The number of halogens is 1. The molecule has 1 aliphatic heterocycles. The van der Waals surface area contributed by atoms with Crippen molar-refractivity contribution < 1.29 is 9.18 Å². The Kier molecular flexibility index (Phi) is 4.39. The molecule has 0 unspecified atom stereocenters. The molecule has 0 amide bonds. The molecule has 2 nitrogen and oxygen atoms in total. The van der Waals surface area contributed by atoms with Crippen molar-refractivity contribution in [3.05, 3.63) is 35.6 Å². The second kappa shape index (κ2) is 6.27. The van der Waals surface area contributed by atoms with Crippen LogP contribution in [-0.2, 0) is 0 Å². The highest BCUT2D eigenvalue weighted by molar-refractivity contribution is 5.97. The Hall–Kier alpha value is -1.22. The minimum absolute atomic E-state index is 0.0901. The Morgan fingerprint density at radius 2 is 1.71 bits per heavy atom. The average molecular weight is 289 g/mol. The minimum Gasteiger partial charge on any atom is -0.296 e. The van der Waals surface area contributed by atoms with Crippen LogP contribution in [0.1, 0.15) is 55.3 Å². The maximum Gasteiger partial charge on any atom is 0.179 e. The van der Waals surface area contributed by atoms with E-state index in [9.17, 15) is 9.18 Å². The minimum atomic E-state index is -0.400. The van der Waals surface area contributed by atoms with E-state index < -0.39 is 5.82 Å². The molecule has 21 heavy (non-hydrogen) atoms. The second-order valence-electron chi connectivity index (χ2n) is 6.74. The summed E-state index contributed by atoms with van der Waals surface area (Å²) < 4.78 is 13.6. The maximum absolute atomic E-state index is 13.6. The van der Waals surface area contributed by atoms with Crippen LogP contribution in [0.5, 0.6) is 0 Å². The standard InChI is InChI=1S/C18H24FNO/c19-16-7-3-2-6-15(16)17(21)14-20-12-10-18(11-13-20)8-4-1-5-9-18/h2-3,6-7H,1,4-5,8-14H2. The third-order valence-corrected chi connectivity index (χ3v) is 5.37. The van der Waals surface area contributed by atoms with Gasteiger partial charge < -0.3 is 0 Å². The highest BCUT2D eigenvalue weighted by Crippen LogP contribution is 2.44. The number of hydrogen-bond acceptors (Lipinski definition) is 2. The number of carbonyl (C=O) groups excluding carboxylic acids is 1. The zero-order valence-electron chi connectivity index (χ0n) is 12.6. The summed E-state index contributed by atoms with van der Waals surface area (Å²) in [4.78, 5) is 14.4. The fraction of sp³-hybridized carbons (Fsp3) is 0.611. The van der Waals surface area contributed by atoms with Crippen molar-refractivity contribution >= 4 is 5.78 Å². The van der Waals surface area contributed by atoms with Gasteiger partial charge in [0.15, 0.2) is 5.78 Å². The molecule has 1 saturated carbocycles. The van der Waals surface area contributed by atoms with Crippen molar-refractivity contribution in [3.8, 4) is 0 Å². The summed E-state index contributed by atoms with van der Waals surface area (Å²) in [6, 6.07) is 6.30. The first-order valence-electron chi connectivity index (χ1n) is 8.19. The fourth-order valence-corrected chi connectivity index (χ4v) is 3.96. The molecule has 3 rings (SSSR count).